The molecule has 0 radical (unpaired) electrons. The number of benzene rings is 3. The highest BCUT2D eigenvalue weighted by molar-refractivity contribution is 7.22. The number of rotatable bonds is 5. The lowest BCUT2D eigenvalue weighted by Gasteiger charge is -2.34. The van der Waals surface area contributed by atoms with Crippen molar-refractivity contribution in [1.82, 2.24) is 9.88 Å². The molecule has 1 saturated heterocycles. The van der Waals surface area contributed by atoms with Crippen LogP contribution in [0.15, 0.2) is 54.6 Å². The number of fused-ring (bicyclic) bond motifs is 2. The van der Waals surface area contributed by atoms with Gasteiger partial charge in [0.25, 0.3) is 0 Å². The fraction of sp³-hybridized carbons (Fsp3) is 0.280. The summed E-state index contributed by atoms with van der Waals surface area (Å²) in [5, 5.41) is 3.28. The number of ether oxygens (including phenoxy) is 2. The maximum Gasteiger partial charge on any atom is 0.227 e. The predicted octanol–water partition coefficient (Wildman–Crippen LogP) is 4.36. The number of carbonyl (C=O) groups is 1. The summed E-state index contributed by atoms with van der Waals surface area (Å²) >= 11 is 1.64. The third-order valence-corrected chi connectivity index (χ3v) is 7.10. The van der Waals surface area contributed by atoms with Gasteiger partial charge in [-0.1, -0.05) is 53.8 Å². The molecule has 1 fully saturated rings. The first-order valence-corrected chi connectivity index (χ1v) is 11.5. The Labute approximate surface area is 191 Å². The number of carbonyl (C=O) groups excluding carboxylic acids is 1. The van der Waals surface area contributed by atoms with Gasteiger partial charge in [0.05, 0.1) is 25.3 Å². The van der Waals surface area contributed by atoms with Crippen LogP contribution in [0.2, 0.25) is 0 Å². The van der Waals surface area contributed by atoms with Crippen molar-refractivity contribution < 1.29 is 14.3 Å². The molecule has 1 aliphatic rings. The zero-order valence-electron chi connectivity index (χ0n) is 18.2. The highest BCUT2D eigenvalue weighted by Crippen LogP contribution is 2.40. The van der Waals surface area contributed by atoms with Gasteiger partial charge in [0.1, 0.15) is 5.52 Å². The van der Waals surface area contributed by atoms with Gasteiger partial charge in [0.15, 0.2) is 16.6 Å². The molecule has 1 aromatic heterocycles. The molecule has 0 aliphatic carbocycles. The van der Waals surface area contributed by atoms with Gasteiger partial charge in [-0.25, -0.2) is 4.98 Å². The lowest BCUT2D eigenvalue weighted by atomic mass is 10.0. The maximum atomic E-state index is 13.0. The molecule has 0 saturated carbocycles. The summed E-state index contributed by atoms with van der Waals surface area (Å²) < 4.78 is 12.0. The number of hydrogen-bond acceptors (Lipinski definition) is 6. The van der Waals surface area contributed by atoms with Gasteiger partial charge < -0.3 is 19.3 Å². The normalized spacial score (nSPS) is 14.2. The first kappa shape index (κ1) is 20.6. The first-order chi connectivity index (χ1) is 15.7. The summed E-state index contributed by atoms with van der Waals surface area (Å²) in [7, 11) is 3.27. The van der Waals surface area contributed by atoms with Gasteiger partial charge in [-0.05, 0) is 28.5 Å². The molecule has 1 aliphatic heterocycles. The smallest absolute Gasteiger partial charge is 0.227 e. The highest BCUT2D eigenvalue weighted by Gasteiger charge is 2.24. The van der Waals surface area contributed by atoms with Crippen molar-refractivity contribution in [2.75, 3.05) is 45.3 Å². The second kappa shape index (κ2) is 8.67. The molecule has 1 amide bonds. The van der Waals surface area contributed by atoms with E-state index in [4.69, 9.17) is 14.5 Å². The Morgan fingerprint density at radius 3 is 2.53 bits per heavy atom. The predicted molar refractivity (Wildman–Crippen MR) is 129 cm³/mol. The van der Waals surface area contributed by atoms with Crippen LogP contribution in [0, 0.1) is 0 Å². The molecule has 164 valence electrons. The molecule has 0 bridgehead atoms. The van der Waals surface area contributed by atoms with Crippen LogP contribution in [0.25, 0.3) is 21.0 Å². The Kier molecular flexibility index (Phi) is 5.57. The van der Waals surface area contributed by atoms with Crippen LogP contribution in [0.1, 0.15) is 5.56 Å². The number of amides is 1. The topological polar surface area (TPSA) is 54.9 Å². The van der Waals surface area contributed by atoms with Crippen molar-refractivity contribution in [2.45, 2.75) is 6.42 Å². The summed E-state index contributed by atoms with van der Waals surface area (Å²) in [5.41, 5.74) is 1.91. The van der Waals surface area contributed by atoms with E-state index in [1.807, 2.05) is 35.2 Å². The first-order valence-electron chi connectivity index (χ1n) is 10.7. The van der Waals surface area contributed by atoms with Crippen molar-refractivity contribution in [3.63, 3.8) is 0 Å². The molecule has 0 unspecified atom stereocenters. The van der Waals surface area contributed by atoms with E-state index < -0.39 is 0 Å². The minimum Gasteiger partial charge on any atom is -0.493 e. The quantitative estimate of drug-likeness (QED) is 0.455. The van der Waals surface area contributed by atoms with E-state index in [0.717, 1.165) is 39.4 Å². The Morgan fingerprint density at radius 2 is 1.75 bits per heavy atom. The standard InChI is InChI=1S/C25H25N3O3S/c1-30-20-10-11-21-23(24(20)31-2)26-25(32-21)28-14-12-27(13-15-28)22(29)16-18-8-5-7-17-6-3-4-9-19(17)18/h3-11H,12-16H2,1-2H3. The monoisotopic (exact) mass is 447 g/mol. The molecule has 32 heavy (non-hydrogen) atoms. The number of thiazole rings is 1. The lowest BCUT2D eigenvalue weighted by Crippen LogP contribution is -2.49. The van der Waals surface area contributed by atoms with E-state index in [1.54, 1.807) is 25.6 Å². The largest absolute Gasteiger partial charge is 0.493 e. The highest BCUT2D eigenvalue weighted by atomic mass is 32.1. The Hall–Kier alpha value is -3.32. The molecule has 3 aromatic carbocycles. The molecule has 5 rings (SSSR count). The summed E-state index contributed by atoms with van der Waals surface area (Å²) in [6.45, 7) is 2.92. The Bertz CT molecular complexity index is 1270. The number of nitrogens with zero attached hydrogens (tertiary/aromatic N) is 3. The molecule has 0 spiro atoms. The summed E-state index contributed by atoms with van der Waals surface area (Å²) in [6.07, 6.45) is 0.430. The van der Waals surface area contributed by atoms with Crippen molar-refractivity contribution in [1.29, 1.82) is 0 Å². The average Bonchev–Trinajstić information content (AvgIpc) is 3.28. The van der Waals surface area contributed by atoms with Gasteiger partial charge >= 0.3 is 0 Å². The minimum absolute atomic E-state index is 0.178. The second-order valence-corrected chi connectivity index (χ2v) is 8.84. The van der Waals surface area contributed by atoms with E-state index in [-0.39, 0.29) is 5.91 Å². The summed E-state index contributed by atoms with van der Waals surface area (Å²) in [4.78, 5) is 22.1. The third-order valence-electron chi connectivity index (χ3n) is 6.02. The van der Waals surface area contributed by atoms with Gasteiger partial charge in [-0.2, -0.15) is 0 Å². The fourth-order valence-corrected chi connectivity index (χ4v) is 5.32. The van der Waals surface area contributed by atoms with Crippen LogP contribution in [-0.2, 0) is 11.2 Å². The zero-order chi connectivity index (χ0) is 22.1. The van der Waals surface area contributed by atoms with Gasteiger partial charge in [0, 0.05) is 26.2 Å². The van der Waals surface area contributed by atoms with Gasteiger partial charge in [-0.15, -0.1) is 0 Å². The minimum atomic E-state index is 0.178. The van der Waals surface area contributed by atoms with Crippen LogP contribution >= 0.6 is 11.3 Å². The van der Waals surface area contributed by atoms with Crippen LogP contribution < -0.4 is 14.4 Å². The van der Waals surface area contributed by atoms with E-state index in [9.17, 15) is 4.79 Å². The van der Waals surface area contributed by atoms with Crippen molar-refractivity contribution in [3.05, 3.63) is 60.2 Å². The molecule has 0 atom stereocenters. The van der Waals surface area contributed by atoms with Crippen molar-refractivity contribution in [2.24, 2.45) is 0 Å². The number of methoxy groups -OCH3 is 2. The Morgan fingerprint density at radius 1 is 0.969 bits per heavy atom. The van der Waals surface area contributed by atoms with Crippen LogP contribution in [-0.4, -0.2) is 56.2 Å². The molecule has 7 heteroatoms. The van der Waals surface area contributed by atoms with Crippen LogP contribution in [0.3, 0.4) is 0 Å². The maximum absolute atomic E-state index is 13.0. The van der Waals surface area contributed by atoms with E-state index in [2.05, 4.69) is 29.2 Å². The van der Waals surface area contributed by atoms with E-state index in [1.165, 1.54) is 5.39 Å². The van der Waals surface area contributed by atoms with Gasteiger partial charge in [0.2, 0.25) is 5.91 Å². The molecule has 0 N–H and O–H groups in total. The SMILES string of the molecule is COc1ccc2sc(N3CCN(C(=O)Cc4cccc5ccccc45)CC3)nc2c1OC. The molecular weight excluding hydrogens is 422 g/mol. The molecular formula is C25H25N3O3S. The molecule has 2 heterocycles. The number of piperazine rings is 1. The number of hydrogen-bond donors (Lipinski definition) is 0. The van der Waals surface area contributed by atoms with Gasteiger partial charge in [-0.3, -0.25) is 4.79 Å². The lowest BCUT2D eigenvalue weighted by molar-refractivity contribution is -0.130. The summed E-state index contributed by atoms with van der Waals surface area (Å²) in [5.74, 6) is 1.52. The number of aromatic nitrogens is 1. The zero-order valence-corrected chi connectivity index (χ0v) is 19.0. The number of anilines is 1. The van der Waals surface area contributed by atoms with Crippen LogP contribution in [0.5, 0.6) is 11.5 Å². The Balaban J connectivity index is 1.28. The average molecular weight is 448 g/mol. The van der Waals surface area contributed by atoms with Crippen molar-refractivity contribution >= 4 is 43.4 Å². The van der Waals surface area contributed by atoms with Crippen molar-refractivity contribution in [3.8, 4) is 11.5 Å². The summed E-state index contributed by atoms with van der Waals surface area (Å²) in [6, 6.07) is 18.3. The fourth-order valence-electron chi connectivity index (χ4n) is 4.30. The van der Waals surface area contributed by atoms with Crippen LogP contribution in [0.4, 0.5) is 5.13 Å². The van der Waals surface area contributed by atoms with E-state index >= 15 is 0 Å². The third kappa shape index (κ3) is 3.73. The second-order valence-electron chi connectivity index (χ2n) is 7.83. The molecule has 6 nitrogen and oxygen atoms in total. The van der Waals surface area contributed by atoms with E-state index in [0.29, 0.717) is 31.0 Å². The molecule has 4 aromatic rings.